The Balaban J connectivity index is 1.58. The SMILES string of the molecule is O=C(CCc1ccccc1O)Nc1ccccc1SC1CCCC1. The summed E-state index contributed by atoms with van der Waals surface area (Å²) >= 11 is 1.88. The second-order valence-electron chi connectivity index (χ2n) is 6.20. The fourth-order valence-corrected chi connectivity index (χ4v) is 4.37. The van der Waals surface area contributed by atoms with E-state index in [1.54, 1.807) is 12.1 Å². The third kappa shape index (κ3) is 4.54. The lowest BCUT2D eigenvalue weighted by Crippen LogP contribution is -2.13. The summed E-state index contributed by atoms with van der Waals surface area (Å²) in [5, 5.41) is 13.5. The van der Waals surface area contributed by atoms with E-state index < -0.39 is 0 Å². The molecule has 0 bridgehead atoms. The lowest BCUT2D eigenvalue weighted by atomic mass is 10.1. The number of hydrogen-bond donors (Lipinski definition) is 2. The second-order valence-corrected chi connectivity index (χ2v) is 7.54. The number of nitrogens with one attached hydrogen (secondary N) is 1. The summed E-state index contributed by atoms with van der Waals surface area (Å²) in [6.45, 7) is 0. The normalized spacial score (nSPS) is 14.7. The standard InChI is InChI=1S/C20H23NO2S/c22-18-11-5-1-7-15(18)13-14-20(23)21-17-10-4-6-12-19(17)24-16-8-2-3-9-16/h1,4-7,10-12,16,22H,2-3,8-9,13-14H2,(H,21,23). The highest BCUT2D eigenvalue weighted by molar-refractivity contribution is 8.00. The number of rotatable bonds is 6. The quantitative estimate of drug-likeness (QED) is 0.777. The molecule has 0 saturated heterocycles. The molecule has 3 rings (SSSR count). The van der Waals surface area contributed by atoms with Crippen molar-refractivity contribution in [1.29, 1.82) is 0 Å². The third-order valence-electron chi connectivity index (χ3n) is 4.37. The maximum absolute atomic E-state index is 12.3. The van der Waals surface area contributed by atoms with Gasteiger partial charge in [-0.15, -0.1) is 11.8 Å². The Morgan fingerprint density at radius 2 is 1.79 bits per heavy atom. The van der Waals surface area contributed by atoms with Crippen molar-refractivity contribution in [1.82, 2.24) is 0 Å². The minimum atomic E-state index is -0.0160. The maximum atomic E-state index is 12.3. The summed E-state index contributed by atoms with van der Waals surface area (Å²) in [5.74, 6) is 0.236. The predicted octanol–water partition coefficient (Wildman–Crippen LogP) is 5.00. The van der Waals surface area contributed by atoms with E-state index in [1.807, 2.05) is 42.1 Å². The summed E-state index contributed by atoms with van der Waals surface area (Å²) in [6, 6.07) is 15.2. The van der Waals surface area contributed by atoms with Crippen molar-refractivity contribution >= 4 is 23.4 Å². The van der Waals surface area contributed by atoms with Crippen molar-refractivity contribution in [2.45, 2.75) is 48.7 Å². The molecule has 0 unspecified atom stereocenters. The van der Waals surface area contributed by atoms with Crippen LogP contribution in [0.2, 0.25) is 0 Å². The van der Waals surface area contributed by atoms with Crippen molar-refractivity contribution in [3.05, 3.63) is 54.1 Å². The first-order valence-corrected chi connectivity index (χ1v) is 9.43. The number of para-hydroxylation sites is 2. The van der Waals surface area contributed by atoms with Crippen LogP contribution in [0.1, 0.15) is 37.7 Å². The number of thioether (sulfide) groups is 1. The zero-order valence-corrected chi connectivity index (χ0v) is 14.5. The van der Waals surface area contributed by atoms with Crippen molar-refractivity contribution < 1.29 is 9.90 Å². The summed E-state index contributed by atoms with van der Waals surface area (Å²) in [4.78, 5) is 13.4. The van der Waals surface area contributed by atoms with Gasteiger partial charge in [0.25, 0.3) is 0 Å². The highest BCUT2D eigenvalue weighted by Gasteiger charge is 2.18. The van der Waals surface area contributed by atoms with Gasteiger partial charge in [0, 0.05) is 16.6 Å². The van der Waals surface area contributed by atoms with Gasteiger partial charge in [0.1, 0.15) is 5.75 Å². The second kappa shape index (κ2) is 8.25. The van der Waals surface area contributed by atoms with E-state index in [-0.39, 0.29) is 11.7 Å². The molecule has 126 valence electrons. The Bertz CT molecular complexity index is 696. The van der Waals surface area contributed by atoms with Crippen LogP contribution in [0, 0.1) is 0 Å². The van der Waals surface area contributed by atoms with Gasteiger partial charge < -0.3 is 10.4 Å². The van der Waals surface area contributed by atoms with Crippen LogP contribution in [0.5, 0.6) is 5.75 Å². The Labute approximate surface area is 147 Å². The van der Waals surface area contributed by atoms with Crippen LogP contribution in [0.15, 0.2) is 53.4 Å². The number of anilines is 1. The molecule has 0 aromatic heterocycles. The Hall–Kier alpha value is -1.94. The van der Waals surface area contributed by atoms with Crippen LogP contribution in [-0.2, 0) is 11.2 Å². The summed E-state index contributed by atoms with van der Waals surface area (Å²) < 4.78 is 0. The van der Waals surface area contributed by atoms with Crippen LogP contribution in [0.25, 0.3) is 0 Å². The van der Waals surface area contributed by atoms with Gasteiger partial charge >= 0.3 is 0 Å². The zero-order chi connectivity index (χ0) is 16.8. The number of aryl methyl sites for hydroxylation is 1. The van der Waals surface area contributed by atoms with Gasteiger partial charge in [-0.05, 0) is 43.0 Å². The first-order valence-electron chi connectivity index (χ1n) is 8.55. The lowest BCUT2D eigenvalue weighted by Gasteiger charge is -2.14. The predicted molar refractivity (Wildman–Crippen MR) is 99.6 cm³/mol. The molecule has 0 atom stereocenters. The van der Waals surface area contributed by atoms with Crippen molar-refractivity contribution in [2.24, 2.45) is 0 Å². The van der Waals surface area contributed by atoms with Crippen LogP contribution in [0.4, 0.5) is 5.69 Å². The Morgan fingerprint density at radius 1 is 1.08 bits per heavy atom. The average Bonchev–Trinajstić information content (AvgIpc) is 3.09. The molecule has 1 aliphatic rings. The first-order chi connectivity index (χ1) is 11.7. The number of phenolic OH excluding ortho intramolecular Hbond substituents is 1. The number of carbonyl (C=O) groups excluding carboxylic acids is 1. The lowest BCUT2D eigenvalue weighted by molar-refractivity contribution is -0.116. The minimum absolute atomic E-state index is 0.0160. The molecule has 24 heavy (non-hydrogen) atoms. The van der Waals surface area contributed by atoms with Crippen LogP contribution >= 0.6 is 11.8 Å². The highest BCUT2D eigenvalue weighted by Crippen LogP contribution is 2.38. The molecule has 2 aromatic carbocycles. The number of carbonyl (C=O) groups is 1. The van der Waals surface area contributed by atoms with E-state index in [9.17, 15) is 9.90 Å². The topological polar surface area (TPSA) is 49.3 Å². The van der Waals surface area contributed by atoms with Crippen molar-refractivity contribution in [2.75, 3.05) is 5.32 Å². The molecule has 0 radical (unpaired) electrons. The van der Waals surface area contributed by atoms with Gasteiger partial charge in [-0.25, -0.2) is 0 Å². The highest BCUT2D eigenvalue weighted by atomic mass is 32.2. The summed E-state index contributed by atoms with van der Waals surface area (Å²) in [6.07, 6.45) is 6.05. The molecule has 4 heteroatoms. The van der Waals surface area contributed by atoms with E-state index in [2.05, 4.69) is 11.4 Å². The van der Waals surface area contributed by atoms with E-state index >= 15 is 0 Å². The molecule has 1 aliphatic carbocycles. The largest absolute Gasteiger partial charge is 0.508 e. The number of amides is 1. The molecule has 1 fully saturated rings. The van der Waals surface area contributed by atoms with Gasteiger partial charge in [0.15, 0.2) is 0 Å². The van der Waals surface area contributed by atoms with Gasteiger partial charge in [0.2, 0.25) is 5.91 Å². The van der Waals surface area contributed by atoms with Gasteiger partial charge in [0.05, 0.1) is 5.69 Å². The fourth-order valence-electron chi connectivity index (χ4n) is 3.04. The van der Waals surface area contributed by atoms with E-state index in [1.165, 1.54) is 25.7 Å². The van der Waals surface area contributed by atoms with E-state index in [0.29, 0.717) is 18.1 Å². The summed E-state index contributed by atoms with van der Waals surface area (Å²) in [5.41, 5.74) is 1.71. The molecule has 3 nitrogen and oxygen atoms in total. The molecule has 1 amide bonds. The van der Waals surface area contributed by atoms with Crippen molar-refractivity contribution in [3.8, 4) is 5.75 Å². The third-order valence-corrected chi connectivity index (χ3v) is 5.78. The molecule has 0 aliphatic heterocycles. The van der Waals surface area contributed by atoms with E-state index in [4.69, 9.17) is 0 Å². The first kappa shape index (κ1) is 16.9. The number of phenols is 1. The van der Waals surface area contributed by atoms with Gasteiger partial charge in [-0.3, -0.25) is 4.79 Å². The van der Waals surface area contributed by atoms with E-state index in [0.717, 1.165) is 16.1 Å². The molecule has 2 aromatic rings. The molecular formula is C20H23NO2S. The molecular weight excluding hydrogens is 318 g/mol. The average molecular weight is 341 g/mol. The molecule has 0 heterocycles. The molecule has 1 saturated carbocycles. The number of hydrogen-bond acceptors (Lipinski definition) is 3. The fraction of sp³-hybridized carbons (Fsp3) is 0.350. The maximum Gasteiger partial charge on any atom is 0.224 e. The Morgan fingerprint density at radius 3 is 2.58 bits per heavy atom. The minimum Gasteiger partial charge on any atom is -0.508 e. The summed E-state index contributed by atoms with van der Waals surface area (Å²) in [7, 11) is 0. The molecule has 2 N–H and O–H groups in total. The zero-order valence-electron chi connectivity index (χ0n) is 13.7. The van der Waals surface area contributed by atoms with Crippen LogP contribution in [-0.4, -0.2) is 16.3 Å². The number of aromatic hydroxyl groups is 1. The van der Waals surface area contributed by atoms with Crippen molar-refractivity contribution in [3.63, 3.8) is 0 Å². The Kier molecular flexibility index (Phi) is 5.81. The van der Waals surface area contributed by atoms with Crippen LogP contribution < -0.4 is 5.32 Å². The smallest absolute Gasteiger partial charge is 0.224 e. The number of benzene rings is 2. The monoisotopic (exact) mass is 341 g/mol. The van der Waals surface area contributed by atoms with Crippen LogP contribution in [0.3, 0.4) is 0 Å². The molecule has 0 spiro atoms. The van der Waals surface area contributed by atoms with Gasteiger partial charge in [-0.1, -0.05) is 43.2 Å². The van der Waals surface area contributed by atoms with Gasteiger partial charge in [-0.2, -0.15) is 0 Å².